The van der Waals surface area contributed by atoms with E-state index in [1.807, 2.05) is 0 Å². The third-order valence-electron chi connectivity index (χ3n) is 3.06. The van der Waals surface area contributed by atoms with Gasteiger partial charge in [0.1, 0.15) is 5.82 Å². The van der Waals surface area contributed by atoms with Crippen LogP contribution < -0.4 is 0 Å². The predicted octanol–water partition coefficient (Wildman–Crippen LogP) is 3.03. The number of halogens is 2. The number of carbonyl (C=O) groups is 1. The molecule has 0 heterocycles. The Morgan fingerprint density at radius 1 is 1.50 bits per heavy atom. The molecule has 0 atom stereocenters. The molecule has 98 valence electrons. The van der Waals surface area contributed by atoms with Crippen molar-refractivity contribution in [3.63, 3.8) is 0 Å². The summed E-state index contributed by atoms with van der Waals surface area (Å²) in [6, 6.07) is 5.05. The Morgan fingerprint density at radius 2 is 2.22 bits per heavy atom. The molecular formula is C13H15BrFNO2. The van der Waals surface area contributed by atoms with Crippen LogP contribution >= 0.6 is 15.9 Å². The van der Waals surface area contributed by atoms with Gasteiger partial charge in [-0.3, -0.25) is 9.69 Å². The highest BCUT2D eigenvalue weighted by atomic mass is 79.9. The SMILES string of the molecule is O=C(O)CCN(Cc1cc(F)ccc1Br)C1CC1. The molecule has 3 nitrogen and oxygen atoms in total. The van der Waals surface area contributed by atoms with Crippen LogP contribution in [0, 0.1) is 5.82 Å². The molecule has 0 bridgehead atoms. The van der Waals surface area contributed by atoms with E-state index in [1.165, 1.54) is 12.1 Å². The average molecular weight is 316 g/mol. The first-order chi connectivity index (χ1) is 8.56. The Balaban J connectivity index is 2.03. The van der Waals surface area contributed by atoms with Gasteiger partial charge in [-0.05, 0) is 36.6 Å². The lowest BCUT2D eigenvalue weighted by atomic mass is 10.2. The van der Waals surface area contributed by atoms with Crippen LogP contribution in [-0.2, 0) is 11.3 Å². The lowest BCUT2D eigenvalue weighted by Gasteiger charge is -2.21. The summed E-state index contributed by atoms with van der Waals surface area (Å²) in [5, 5.41) is 8.73. The molecule has 0 saturated heterocycles. The van der Waals surface area contributed by atoms with E-state index >= 15 is 0 Å². The van der Waals surface area contributed by atoms with Crippen LogP contribution in [0.15, 0.2) is 22.7 Å². The van der Waals surface area contributed by atoms with Crippen molar-refractivity contribution in [2.45, 2.75) is 31.8 Å². The maximum atomic E-state index is 13.2. The number of carboxylic acids is 1. The van der Waals surface area contributed by atoms with Crippen molar-refractivity contribution in [1.29, 1.82) is 0 Å². The largest absolute Gasteiger partial charge is 0.481 e. The van der Waals surface area contributed by atoms with E-state index in [-0.39, 0.29) is 12.2 Å². The third kappa shape index (κ3) is 3.78. The number of hydrogen-bond acceptors (Lipinski definition) is 2. The Kier molecular flexibility index (Phi) is 4.35. The van der Waals surface area contributed by atoms with Gasteiger partial charge in [-0.2, -0.15) is 0 Å². The highest BCUT2D eigenvalue weighted by Gasteiger charge is 2.29. The third-order valence-corrected chi connectivity index (χ3v) is 3.83. The number of hydrogen-bond donors (Lipinski definition) is 1. The highest BCUT2D eigenvalue weighted by molar-refractivity contribution is 9.10. The van der Waals surface area contributed by atoms with Gasteiger partial charge >= 0.3 is 5.97 Å². The fourth-order valence-electron chi connectivity index (χ4n) is 1.95. The maximum absolute atomic E-state index is 13.2. The summed E-state index contributed by atoms with van der Waals surface area (Å²) in [4.78, 5) is 12.7. The van der Waals surface area contributed by atoms with Crippen molar-refractivity contribution >= 4 is 21.9 Å². The molecule has 1 fully saturated rings. The molecule has 0 amide bonds. The van der Waals surface area contributed by atoms with Crippen molar-refractivity contribution in [2.75, 3.05) is 6.54 Å². The summed E-state index contributed by atoms with van der Waals surface area (Å²) in [5.74, 6) is -1.05. The van der Waals surface area contributed by atoms with Gasteiger partial charge in [-0.25, -0.2) is 4.39 Å². The number of benzene rings is 1. The quantitative estimate of drug-likeness (QED) is 0.877. The molecule has 1 saturated carbocycles. The minimum absolute atomic E-state index is 0.128. The zero-order valence-electron chi connectivity index (χ0n) is 9.90. The van der Waals surface area contributed by atoms with Crippen LogP contribution in [0.4, 0.5) is 4.39 Å². The van der Waals surface area contributed by atoms with Crippen molar-refractivity contribution in [3.05, 3.63) is 34.1 Å². The molecule has 0 unspecified atom stereocenters. The van der Waals surface area contributed by atoms with Crippen LogP contribution in [-0.4, -0.2) is 28.6 Å². The van der Waals surface area contributed by atoms with Crippen molar-refractivity contribution in [2.24, 2.45) is 0 Å². The monoisotopic (exact) mass is 315 g/mol. The molecule has 1 aliphatic rings. The summed E-state index contributed by atoms with van der Waals surface area (Å²) < 4.78 is 14.1. The first-order valence-electron chi connectivity index (χ1n) is 5.96. The van der Waals surface area contributed by atoms with Gasteiger partial charge in [-0.1, -0.05) is 15.9 Å². The molecular weight excluding hydrogens is 301 g/mol. The van der Waals surface area contributed by atoms with Gasteiger partial charge < -0.3 is 5.11 Å². The van der Waals surface area contributed by atoms with Gasteiger partial charge in [0.25, 0.3) is 0 Å². The van der Waals surface area contributed by atoms with E-state index < -0.39 is 5.97 Å². The zero-order chi connectivity index (χ0) is 13.1. The number of aliphatic carboxylic acids is 1. The van der Waals surface area contributed by atoms with Crippen molar-refractivity contribution < 1.29 is 14.3 Å². The van der Waals surface area contributed by atoms with E-state index in [0.29, 0.717) is 19.1 Å². The van der Waals surface area contributed by atoms with Gasteiger partial charge in [-0.15, -0.1) is 0 Å². The second-order valence-corrected chi connectivity index (χ2v) is 5.44. The first-order valence-corrected chi connectivity index (χ1v) is 6.75. The van der Waals surface area contributed by atoms with Crippen LogP contribution in [0.25, 0.3) is 0 Å². The van der Waals surface area contributed by atoms with Crippen LogP contribution in [0.2, 0.25) is 0 Å². The van der Waals surface area contributed by atoms with E-state index in [2.05, 4.69) is 20.8 Å². The minimum atomic E-state index is -0.793. The summed E-state index contributed by atoms with van der Waals surface area (Å²) in [7, 11) is 0. The Labute approximate surface area is 114 Å². The van der Waals surface area contributed by atoms with Crippen molar-refractivity contribution in [3.8, 4) is 0 Å². The first kappa shape index (κ1) is 13.5. The fraction of sp³-hybridized carbons (Fsp3) is 0.462. The normalized spacial score (nSPS) is 15.1. The molecule has 1 aromatic carbocycles. The Morgan fingerprint density at radius 3 is 2.83 bits per heavy atom. The lowest BCUT2D eigenvalue weighted by molar-refractivity contribution is -0.137. The molecule has 0 aliphatic heterocycles. The standard InChI is InChI=1S/C13H15BrFNO2/c14-12-4-1-10(15)7-9(12)8-16(11-2-3-11)6-5-13(17)18/h1,4,7,11H,2-3,5-6,8H2,(H,17,18). The average Bonchev–Trinajstić information content (AvgIpc) is 3.12. The fourth-order valence-corrected chi connectivity index (χ4v) is 2.32. The molecule has 5 heteroatoms. The van der Waals surface area contributed by atoms with E-state index in [4.69, 9.17) is 5.11 Å². The van der Waals surface area contributed by atoms with E-state index in [0.717, 1.165) is 22.9 Å². The molecule has 0 aromatic heterocycles. The zero-order valence-corrected chi connectivity index (χ0v) is 11.5. The minimum Gasteiger partial charge on any atom is -0.481 e. The van der Waals surface area contributed by atoms with Gasteiger partial charge in [0, 0.05) is 23.6 Å². The topological polar surface area (TPSA) is 40.5 Å². The lowest BCUT2D eigenvalue weighted by Crippen LogP contribution is -2.28. The maximum Gasteiger partial charge on any atom is 0.304 e. The second kappa shape index (κ2) is 5.80. The summed E-state index contributed by atoms with van der Waals surface area (Å²) >= 11 is 3.40. The smallest absolute Gasteiger partial charge is 0.304 e. The highest BCUT2D eigenvalue weighted by Crippen LogP contribution is 2.30. The summed E-state index contributed by atoms with van der Waals surface area (Å²) in [5.41, 5.74) is 0.868. The number of nitrogens with zero attached hydrogens (tertiary/aromatic N) is 1. The Bertz CT molecular complexity index is 449. The van der Waals surface area contributed by atoms with Gasteiger partial charge in [0.15, 0.2) is 0 Å². The molecule has 2 rings (SSSR count). The number of rotatable bonds is 6. The molecule has 1 N–H and O–H groups in total. The predicted molar refractivity (Wildman–Crippen MR) is 69.8 cm³/mol. The van der Waals surface area contributed by atoms with Crippen LogP contribution in [0.1, 0.15) is 24.8 Å². The van der Waals surface area contributed by atoms with Gasteiger partial charge in [0.2, 0.25) is 0 Å². The number of carboxylic acid groups (broad SMARTS) is 1. The van der Waals surface area contributed by atoms with Crippen molar-refractivity contribution in [1.82, 2.24) is 4.90 Å². The van der Waals surface area contributed by atoms with Gasteiger partial charge in [0.05, 0.1) is 6.42 Å². The summed E-state index contributed by atoms with van der Waals surface area (Å²) in [6.45, 7) is 1.11. The summed E-state index contributed by atoms with van der Waals surface area (Å²) in [6.07, 6.45) is 2.34. The Hall–Kier alpha value is -0.940. The second-order valence-electron chi connectivity index (χ2n) is 4.58. The molecule has 0 spiro atoms. The molecule has 1 aliphatic carbocycles. The van der Waals surface area contributed by atoms with E-state index in [1.54, 1.807) is 6.07 Å². The van der Waals surface area contributed by atoms with Crippen LogP contribution in [0.3, 0.4) is 0 Å². The van der Waals surface area contributed by atoms with Crippen LogP contribution in [0.5, 0.6) is 0 Å². The molecule has 0 radical (unpaired) electrons. The molecule has 1 aromatic rings. The molecule has 18 heavy (non-hydrogen) atoms. The van der Waals surface area contributed by atoms with E-state index in [9.17, 15) is 9.18 Å².